The van der Waals surface area contributed by atoms with Crippen molar-refractivity contribution in [3.63, 3.8) is 0 Å². The summed E-state index contributed by atoms with van der Waals surface area (Å²) in [6.45, 7) is 5.39. The third kappa shape index (κ3) is 3.72. The molecule has 7 rings (SSSR count). The lowest BCUT2D eigenvalue weighted by Crippen LogP contribution is -2.57. The van der Waals surface area contributed by atoms with Crippen molar-refractivity contribution >= 4 is 27.7 Å². The van der Waals surface area contributed by atoms with Crippen LogP contribution in [0.1, 0.15) is 62.1 Å². The standard InChI is InChI=1S/C34H36N2O2/c1-2-3-4-5-18-36-28-15-7-11-22-10-6-14-26(30(22)28)29(36)21-27-33(37)31(34(27)38)25-19-23-12-8-16-35-17-9-13-24(20-25)32(23)35/h6-7,10-11,14-15,19-21,33-34H,2-5,8-9,12-13,16-18H2,1H3. The van der Waals surface area contributed by atoms with Crippen molar-refractivity contribution in [1.29, 1.82) is 0 Å². The van der Waals surface area contributed by atoms with Gasteiger partial charge in [-0.25, -0.2) is 4.58 Å². The van der Waals surface area contributed by atoms with Gasteiger partial charge in [0.2, 0.25) is 16.8 Å². The van der Waals surface area contributed by atoms with Gasteiger partial charge >= 0.3 is 0 Å². The first-order valence-electron chi connectivity index (χ1n) is 14.6. The van der Waals surface area contributed by atoms with E-state index in [-0.39, 0.29) is 0 Å². The quantitative estimate of drug-likeness (QED) is 0.383. The summed E-state index contributed by atoms with van der Waals surface area (Å²) in [5, 5.41) is 32.1. The maximum atomic E-state index is 13.7. The summed E-state index contributed by atoms with van der Waals surface area (Å²) in [4.78, 5) is 0. The molecular weight excluding hydrogens is 468 g/mol. The minimum absolute atomic E-state index is 0.492. The van der Waals surface area contributed by atoms with E-state index in [9.17, 15) is 10.2 Å². The molecule has 4 nitrogen and oxygen atoms in total. The van der Waals surface area contributed by atoms with Crippen LogP contribution >= 0.6 is 0 Å². The highest BCUT2D eigenvalue weighted by molar-refractivity contribution is 6.20. The van der Waals surface area contributed by atoms with E-state index in [1.165, 1.54) is 52.2 Å². The molecule has 0 aromatic heterocycles. The molecule has 1 saturated carbocycles. The van der Waals surface area contributed by atoms with Crippen LogP contribution < -0.4 is 25.4 Å². The second-order valence-corrected chi connectivity index (χ2v) is 11.5. The molecule has 2 atom stereocenters. The first kappa shape index (κ1) is 24.0. The van der Waals surface area contributed by atoms with Gasteiger partial charge in [-0.2, -0.15) is 4.58 Å². The Labute approximate surface area is 224 Å². The van der Waals surface area contributed by atoms with E-state index < -0.39 is 12.2 Å². The van der Waals surface area contributed by atoms with Crippen molar-refractivity contribution in [2.24, 2.45) is 0 Å². The van der Waals surface area contributed by atoms with Gasteiger partial charge in [-0.15, -0.1) is 0 Å². The molecule has 38 heavy (non-hydrogen) atoms. The van der Waals surface area contributed by atoms with Gasteiger partial charge in [-0.05, 0) is 48.1 Å². The highest BCUT2D eigenvalue weighted by atomic mass is 16.3. The summed E-state index contributed by atoms with van der Waals surface area (Å²) in [5.41, 5.74) is 7.07. The second-order valence-electron chi connectivity index (χ2n) is 11.5. The highest BCUT2D eigenvalue weighted by Crippen LogP contribution is 2.38. The first-order valence-corrected chi connectivity index (χ1v) is 14.6. The third-order valence-electron chi connectivity index (χ3n) is 9.11. The maximum absolute atomic E-state index is 13.7. The molecule has 3 aromatic rings. The topological polar surface area (TPSA) is 52.1 Å². The molecule has 3 heterocycles. The molecule has 0 spiro atoms. The fourth-order valence-electron chi connectivity index (χ4n) is 7.25. The van der Waals surface area contributed by atoms with Crippen molar-refractivity contribution in [3.8, 4) is 0 Å². The van der Waals surface area contributed by atoms with Crippen molar-refractivity contribution in [2.75, 3.05) is 19.6 Å². The molecule has 0 saturated heterocycles. The van der Waals surface area contributed by atoms with Gasteiger partial charge in [0.15, 0.2) is 0 Å². The van der Waals surface area contributed by atoms with E-state index in [4.69, 9.17) is 0 Å². The van der Waals surface area contributed by atoms with Crippen LogP contribution in [0, 0.1) is 0 Å². The van der Waals surface area contributed by atoms with Crippen molar-refractivity contribution in [3.05, 3.63) is 87.4 Å². The van der Waals surface area contributed by atoms with Gasteiger partial charge in [0.05, 0.1) is 10.9 Å². The van der Waals surface area contributed by atoms with Gasteiger partial charge in [-0.1, -0.05) is 67.4 Å². The number of rotatable bonds is 6. The van der Waals surface area contributed by atoms with Crippen LogP contribution in [0.15, 0.2) is 60.2 Å². The number of hydrogen-bond acceptors (Lipinski definition) is 2. The van der Waals surface area contributed by atoms with Gasteiger partial charge in [-0.3, -0.25) is 0 Å². The van der Waals surface area contributed by atoms with E-state index in [0.29, 0.717) is 11.1 Å². The zero-order valence-corrected chi connectivity index (χ0v) is 22.3. The molecule has 0 amide bonds. The van der Waals surface area contributed by atoms with Crippen molar-refractivity contribution < 1.29 is 14.8 Å². The van der Waals surface area contributed by atoms with E-state index in [1.807, 2.05) is 6.08 Å². The number of benzene rings is 3. The minimum atomic E-state index is -1.05. The zero-order valence-electron chi connectivity index (χ0n) is 22.3. The average molecular weight is 505 g/mol. The largest absolute Gasteiger partial charge is 0.846 e. The summed E-state index contributed by atoms with van der Waals surface area (Å²) < 4.78 is 4.86. The van der Waals surface area contributed by atoms with E-state index in [2.05, 4.69) is 64.6 Å². The van der Waals surface area contributed by atoms with Crippen LogP contribution in [0.3, 0.4) is 0 Å². The SMILES string of the molecule is CCCCCC[N+]1=C(C=C2C([O-])C(=c3cc4c5c(c3)CCC[N+]=5CCC4)C2[O-])c2cccc3cccc1c23. The molecule has 1 aliphatic carbocycles. The van der Waals surface area contributed by atoms with Crippen molar-refractivity contribution in [1.82, 2.24) is 4.58 Å². The number of unbranched alkanes of at least 4 members (excludes halogenated alkanes) is 3. The van der Waals surface area contributed by atoms with Crippen LogP contribution in [0.5, 0.6) is 0 Å². The summed E-state index contributed by atoms with van der Waals surface area (Å²) in [6, 6.07) is 17.2. The Bertz CT molecular complexity index is 1590. The zero-order chi connectivity index (χ0) is 25.8. The molecule has 3 aromatic carbocycles. The number of allylic oxidation sites excluding steroid dienone is 1. The Morgan fingerprint density at radius 2 is 1.61 bits per heavy atom. The third-order valence-corrected chi connectivity index (χ3v) is 9.11. The lowest BCUT2D eigenvalue weighted by molar-refractivity contribution is -0.450. The Kier molecular flexibility index (Phi) is 6.05. The molecule has 0 bridgehead atoms. The summed E-state index contributed by atoms with van der Waals surface area (Å²) in [6.07, 6.45) is 8.95. The molecule has 3 aliphatic heterocycles. The molecule has 0 N–H and O–H groups in total. The van der Waals surface area contributed by atoms with Gasteiger partial charge in [0, 0.05) is 42.5 Å². The maximum Gasteiger partial charge on any atom is 0.214 e. The van der Waals surface area contributed by atoms with Crippen LogP contribution in [0.4, 0.5) is 5.69 Å². The normalized spacial score (nSPS) is 21.7. The van der Waals surface area contributed by atoms with Crippen molar-refractivity contribution in [2.45, 2.75) is 70.5 Å². The minimum Gasteiger partial charge on any atom is -0.846 e. The Balaban J connectivity index is 1.31. The van der Waals surface area contributed by atoms with E-state index in [1.54, 1.807) is 0 Å². The van der Waals surface area contributed by atoms with Gasteiger partial charge in [0.1, 0.15) is 19.6 Å². The van der Waals surface area contributed by atoms with Gasteiger partial charge < -0.3 is 10.2 Å². The number of aryl methyl sites for hydroxylation is 2. The molecular formula is C34H36N2O2. The Hall–Kier alpha value is -3.08. The smallest absolute Gasteiger partial charge is 0.214 e. The lowest BCUT2D eigenvalue weighted by Gasteiger charge is -2.52. The molecule has 2 unspecified atom stereocenters. The van der Waals surface area contributed by atoms with Gasteiger partial charge in [0.25, 0.3) is 0 Å². The van der Waals surface area contributed by atoms with Crippen LogP contribution in [-0.2, 0) is 12.8 Å². The van der Waals surface area contributed by atoms with Crippen LogP contribution in [0.25, 0.3) is 16.3 Å². The predicted octanol–water partition coefficient (Wildman–Crippen LogP) is 2.50. The molecule has 194 valence electrons. The Morgan fingerprint density at radius 1 is 0.895 bits per heavy atom. The van der Waals surface area contributed by atoms with Crippen LogP contribution in [0.2, 0.25) is 0 Å². The number of nitrogens with zero attached hydrogens (tertiary/aromatic N) is 2. The molecule has 1 fully saturated rings. The van der Waals surface area contributed by atoms with E-state index in [0.717, 1.165) is 68.2 Å². The molecule has 4 heteroatoms. The van der Waals surface area contributed by atoms with Crippen LogP contribution in [-0.4, -0.2) is 42.1 Å². The number of hydrogen-bond donors (Lipinski definition) is 0. The molecule has 4 aliphatic rings. The lowest BCUT2D eigenvalue weighted by atomic mass is 9.76. The first-order chi connectivity index (χ1) is 18.7. The van der Waals surface area contributed by atoms with E-state index >= 15 is 0 Å². The Morgan fingerprint density at radius 3 is 2.32 bits per heavy atom. The monoisotopic (exact) mass is 504 g/mol. The molecule has 0 radical (unpaired) electrons. The predicted molar refractivity (Wildman–Crippen MR) is 149 cm³/mol. The average Bonchev–Trinajstić information content (AvgIpc) is 3.24. The highest BCUT2D eigenvalue weighted by Gasteiger charge is 2.34. The summed E-state index contributed by atoms with van der Waals surface area (Å²) >= 11 is 0. The fourth-order valence-corrected chi connectivity index (χ4v) is 7.25. The fraction of sp³-hybridized carbons (Fsp3) is 0.412. The second kappa shape index (κ2) is 9.59. The summed E-state index contributed by atoms with van der Waals surface area (Å²) in [7, 11) is 0. The summed E-state index contributed by atoms with van der Waals surface area (Å²) in [5.74, 6) is 0.